The highest BCUT2D eigenvalue weighted by molar-refractivity contribution is 7.89. The topological polar surface area (TPSA) is 63.4 Å². The van der Waals surface area contributed by atoms with Crippen molar-refractivity contribution in [3.63, 3.8) is 0 Å². The molecule has 6 heteroatoms. The molecule has 0 aliphatic heterocycles. The summed E-state index contributed by atoms with van der Waals surface area (Å²) in [5.41, 5.74) is 5.46. The van der Waals surface area contributed by atoms with Crippen molar-refractivity contribution in [1.82, 2.24) is 4.31 Å². The van der Waals surface area contributed by atoms with Gasteiger partial charge in [-0.2, -0.15) is 0 Å². The normalized spacial score (nSPS) is 12.9. The van der Waals surface area contributed by atoms with Crippen LogP contribution in [0.15, 0.2) is 0 Å². The van der Waals surface area contributed by atoms with Crippen LogP contribution in [0.1, 0.15) is 40.5 Å². The molecular weight excluding hydrogens is 272 g/mol. The fourth-order valence-electron chi connectivity index (χ4n) is 1.72. The van der Waals surface area contributed by atoms with Gasteiger partial charge >= 0.3 is 0 Å². The number of nitrogens with zero attached hydrogens (tertiary/aromatic N) is 1. The summed E-state index contributed by atoms with van der Waals surface area (Å²) in [5.74, 6) is 0.500. The van der Waals surface area contributed by atoms with Crippen LogP contribution in [0.3, 0.4) is 0 Å². The van der Waals surface area contributed by atoms with Crippen LogP contribution in [-0.2, 0) is 10.0 Å². The van der Waals surface area contributed by atoms with E-state index in [2.05, 4.69) is 0 Å². The van der Waals surface area contributed by atoms with Crippen molar-refractivity contribution in [3.05, 3.63) is 0 Å². The molecule has 0 saturated carbocycles. The number of sulfonamides is 1. The summed E-state index contributed by atoms with van der Waals surface area (Å²) in [4.78, 5) is 0. The molecule has 0 aliphatic rings. The van der Waals surface area contributed by atoms with Crippen molar-refractivity contribution in [2.75, 3.05) is 25.9 Å². The van der Waals surface area contributed by atoms with Crippen molar-refractivity contribution >= 4 is 22.4 Å². The van der Waals surface area contributed by atoms with Gasteiger partial charge < -0.3 is 5.73 Å². The number of hydrogen-bond donors (Lipinski definition) is 1. The van der Waals surface area contributed by atoms with Gasteiger partial charge in [-0.1, -0.05) is 40.5 Å². The Bertz CT molecular complexity index is 314. The quantitative estimate of drug-likeness (QED) is 0.746. The fourth-order valence-corrected chi connectivity index (χ4v) is 3.58. The van der Waals surface area contributed by atoms with Crippen LogP contribution in [-0.4, -0.2) is 38.6 Å². The Hall–Kier alpha value is 0.160. The molecule has 0 heterocycles. The van der Waals surface area contributed by atoms with Crippen LogP contribution < -0.4 is 5.73 Å². The summed E-state index contributed by atoms with van der Waals surface area (Å²) in [6, 6.07) is 0. The van der Waals surface area contributed by atoms with Gasteiger partial charge in [0.15, 0.2) is 0 Å². The zero-order chi connectivity index (χ0) is 13.7. The molecule has 0 aliphatic carbocycles. The third-order valence-electron chi connectivity index (χ3n) is 3.28. The maximum atomic E-state index is 12.1. The van der Waals surface area contributed by atoms with E-state index in [9.17, 15) is 8.42 Å². The van der Waals surface area contributed by atoms with E-state index in [4.69, 9.17) is 5.73 Å². The van der Waals surface area contributed by atoms with E-state index in [-0.39, 0.29) is 29.5 Å². The first-order valence-corrected chi connectivity index (χ1v) is 7.93. The molecule has 0 aromatic heterocycles. The monoisotopic (exact) mass is 300 g/mol. The van der Waals surface area contributed by atoms with E-state index in [1.165, 1.54) is 4.31 Å². The Morgan fingerprint density at radius 2 is 1.67 bits per heavy atom. The van der Waals surface area contributed by atoms with E-state index < -0.39 is 10.0 Å². The Balaban J connectivity index is 0. The molecule has 0 aromatic carbocycles. The summed E-state index contributed by atoms with van der Waals surface area (Å²) in [5, 5.41) is 0. The lowest BCUT2D eigenvalue weighted by Crippen LogP contribution is -2.41. The van der Waals surface area contributed by atoms with Gasteiger partial charge in [-0.25, -0.2) is 12.7 Å². The van der Waals surface area contributed by atoms with Crippen LogP contribution in [0.25, 0.3) is 0 Å². The largest absolute Gasteiger partial charge is 0.330 e. The maximum absolute atomic E-state index is 12.1. The molecule has 0 rings (SSSR count). The van der Waals surface area contributed by atoms with Crippen LogP contribution in [0.2, 0.25) is 0 Å². The lowest BCUT2D eigenvalue weighted by molar-refractivity contribution is 0.290. The average molecular weight is 301 g/mol. The highest BCUT2D eigenvalue weighted by Crippen LogP contribution is 2.19. The predicted molar refractivity (Wildman–Crippen MR) is 80.6 cm³/mol. The smallest absolute Gasteiger partial charge is 0.214 e. The Kier molecular flexibility index (Phi) is 9.50. The predicted octanol–water partition coefficient (Wildman–Crippen LogP) is 2.09. The fraction of sp³-hybridized carbons (Fsp3) is 1.00. The summed E-state index contributed by atoms with van der Waals surface area (Å²) >= 11 is 0. The first kappa shape index (κ1) is 20.5. The zero-order valence-electron chi connectivity index (χ0n) is 12.3. The minimum atomic E-state index is -3.15. The van der Waals surface area contributed by atoms with Crippen molar-refractivity contribution in [2.24, 2.45) is 17.1 Å². The van der Waals surface area contributed by atoms with Crippen molar-refractivity contribution in [3.8, 4) is 0 Å². The van der Waals surface area contributed by atoms with Gasteiger partial charge in [0.1, 0.15) is 0 Å². The molecule has 0 radical (unpaired) electrons. The molecule has 112 valence electrons. The zero-order valence-corrected chi connectivity index (χ0v) is 13.9. The van der Waals surface area contributed by atoms with Gasteiger partial charge in [0.25, 0.3) is 0 Å². The third kappa shape index (κ3) is 6.92. The second-order valence-corrected chi connectivity index (χ2v) is 7.71. The summed E-state index contributed by atoms with van der Waals surface area (Å²) in [6.45, 7) is 9.00. The van der Waals surface area contributed by atoms with Gasteiger partial charge in [-0.3, -0.25) is 0 Å². The number of halogens is 1. The van der Waals surface area contributed by atoms with E-state index in [0.29, 0.717) is 13.1 Å². The summed E-state index contributed by atoms with van der Waals surface area (Å²) in [6.07, 6.45) is 1.81. The molecule has 0 fully saturated rings. The molecule has 0 aromatic rings. The van der Waals surface area contributed by atoms with Crippen molar-refractivity contribution in [1.29, 1.82) is 0 Å². The van der Waals surface area contributed by atoms with Crippen LogP contribution in [0, 0.1) is 11.3 Å². The summed E-state index contributed by atoms with van der Waals surface area (Å²) < 4.78 is 25.7. The van der Waals surface area contributed by atoms with Crippen molar-refractivity contribution in [2.45, 2.75) is 40.5 Å². The Labute approximate surface area is 119 Å². The van der Waals surface area contributed by atoms with Gasteiger partial charge in [0.05, 0.1) is 5.75 Å². The Morgan fingerprint density at radius 3 is 2.00 bits per heavy atom. The van der Waals surface area contributed by atoms with E-state index in [1.807, 2.05) is 27.7 Å². The minimum Gasteiger partial charge on any atom is -0.330 e. The van der Waals surface area contributed by atoms with Crippen LogP contribution in [0.4, 0.5) is 0 Å². The maximum Gasteiger partial charge on any atom is 0.214 e. The molecule has 18 heavy (non-hydrogen) atoms. The third-order valence-corrected chi connectivity index (χ3v) is 5.25. The molecule has 0 atom stereocenters. The highest BCUT2D eigenvalue weighted by Gasteiger charge is 2.27. The lowest BCUT2D eigenvalue weighted by atomic mass is 9.94. The Morgan fingerprint density at radius 1 is 1.22 bits per heavy atom. The van der Waals surface area contributed by atoms with E-state index >= 15 is 0 Å². The molecule has 0 amide bonds. The van der Waals surface area contributed by atoms with Crippen LogP contribution >= 0.6 is 12.4 Å². The molecule has 2 N–H and O–H groups in total. The van der Waals surface area contributed by atoms with Gasteiger partial charge in [0.2, 0.25) is 10.0 Å². The molecule has 4 nitrogen and oxygen atoms in total. The molecule has 0 saturated heterocycles. The number of hydrogen-bond acceptors (Lipinski definition) is 3. The van der Waals surface area contributed by atoms with Crippen molar-refractivity contribution < 1.29 is 8.42 Å². The molecular formula is C12H29ClN2O2S. The minimum absolute atomic E-state index is 0. The lowest BCUT2D eigenvalue weighted by Gasteiger charge is -2.29. The second-order valence-electron chi connectivity index (χ2n) is 5.59. The molecule has 0 spiro atoms. The standard InChI is InChI=1S/C12H28N2O2S.ClH/c1-6-11(7-2)8-17(15,16)14(5)10-12(3,4)9-13;/h11H,6-10,13H2,1-5H3;1H. The molecule has 0 bridgehead atoms. The highest BCUT2D eigenvalue weighted by atomic mass is 35.5. The SMILES string of the molecule is CCC(CC)CS(=O)(=O)N(C)CC(C)(C)CN.Cl. The number of rotatable bonds is 8. The first-order valence-electron chi connectivity index (χ1n) is 6.32. The first-order chi connectivity index (χ1) is 7.68. The van der Waals surface area contributed by atoms with Gasteiger partial charge in [0, 0.05) is 13.6 Å². The van der Waals surface area contributed by atoms with E-state index in [1.54, 1.807) is 7.05 Å². The van der Waals surface area contributed by atoms with E-state index in [0.717, 1.165) is 12.8 Å². The number of nitrogens with two attached hydrogens (primary N) is 1. The average Bonchev–Trinajstić information content (AvgIpc) is 2.25. The second kappa shape index (κ2) is 8.35. The summed E-state index contributed by atoms with van der Waals surface area (Å²) in [7, 11) is -1.50. The van der Waals surface area contributed by atoms with Gasteiger partial charge in [-0.15, -0.1) is 12.4 Å². The molecule has 0 unspecified atom stereocenters. The van der Waals surface area contributed by atoms with Crippen LogP contribution in [0.5, 0.6) is 0 Å². The van der Waals surface area contributed by atoms with Gasteiger partial charge in [-0.05, 0) is 17.9 Å².